The molecule has 0 saturated carbocycles. The minimum atomic E-state index is -0.165. The molecule has 1 fully saturated rings. The van der Waals surface area contributed by atoms with Gasteiger partial charge in [-0.15, -0.1) is 0 Å². The number of morpholine rings is 1. The van der Waals surface area contributed by atoms with Crippen molar-refractivity contribution in [1.82, 2.24) is 4.90 Å². The Morgan fingerprint density at radius 3 is 2.81 bits per heavy atom. The number of hydrogen-bond acceptors (Lipinski definition) is 4. The van der Waals surface area contributed by atoms with Gasteiger partial charge in [-0.05, 0) is 37.0 Å². The van der Waals surface area contributed by atoms with E-state index in [0.717, 1.165) is 19.3 Å². The Hall–Kier alpha value is -2.53. The molecule has 3 rings (SSSR count). The zero-order chi connectivity index (χ0) is 18.4. The van der Waals surface area contributed by atoms with E-state index in [1.165, 1.54) is 18.7 Å². The monoisotopic (exact) mass is 355 g/mol. The van der Waals surface area contributed by atoms with Crippen LogP contribution in [-0.4, -0.2) is 48.8 Å². The summed E-state index contributed by atoms with van der Waals surface area (Å²) in [6.45, 7) is 1.62. The maximum absolute atomic E-state index is 12.7. The van der Waals surface area contributed by atoms with E-state index in [9.17, 15) is 9.90 Å². The number of carbonyl (C=O) groups excluding carboxylic acids is 1. The van der Waals surface area contributed by atoms with E-state index in [0.29, 0.717) is 31.0 Å². The van der Waals surface area contributed by atoms with Crippen LogP contribution in [0.15, 0.2) is 48.5 Å². The first-order valence-electron chi connectivity index (χ1n) is 8.99. The fourth-order valence-corrected chi connectivity index (χ4v) is 3.25. The van der Waals surface area contributed by atoms with Gasteiger partial charge in [0.15, 0.2) is 0 Å². The highest BCUT2D eigenvalue weighted by Gasteiger charge is 2.26. The third-order valence-electron chi connectivity index (χ3n) is 4.70. The highest BCUT2D eigenvalue weighted by molar-refractivity contribution is 5.97. The molecule has 1 saturated heterocycles. The molecule has 5 heteroatoms. The number of carbonyl (C=O) groups is 1. The molecule has 0 bridgehead atoms. The van der Waals surface area contributed by atoms with Crippen LogP contribution in [0.25, 0.3) is 0 Å². The normalized spacial score (nSPS) is 17.1. The summed E-state index contributed by atoms with van der Waals surface area (Å²) in [6.07, 6.45) is 2.97. The molecule has 0 spiro atoms. The fourth-order valence-electron chi connectivity index (χ4n) is 3.25. The van der Waals surface area contributed by atoms with Gasteiger partial charge in [-0.1, -0.05) is 30.3 Å². The van der Waals surface area contributed by atoms with Crippen molar-refractivity contribution in [2.75, 3.05) is 26.8 Å². The lowest BCUT2D eigenvalue weighted by molar-refractivity contribution is -0.0255. The Kier molecular flexibility index (Phi) is 6.12. The number of aromatic hydroxyl groups is 1. The van der Waals surface area contributed by atoms with Crippen LogP contribution in [-0.2, 0) is 11.2 Å². The maximum Gasteiger partial charge on any atom is 0.257 e. The number of hydrogen-bond donors (Lipinski definition) is 1. The number of phenols is 1. The van der Waals surface area contributed by atoms with Crippen molar-refractivity contribution in [3.63, 3.8) is 0 Å². The second-order valence-electron chi connectivity index (χ2n) is 6.50. The lowest BCUT2D eigenvalue weighted by atomic mass is 10.0. The Morgan fingerprint density at radius 1 is 1.27 bits per heavy atom. The predicted octanol–water partition coefficient (Wildman–Crippen LogP) is 3.26. The van der Waals surface area contributed by atoms with E-state index < -0.39 is 0 Å². The Labute approximate surface area is 154 Å². The summed E-state index contributed by atoms with van der Waals surface area (Å²) in [5, 5.41) is 10.1. The van der Waals surface area contributed by atoms with E-state index in [-0.39, 0.29) is 17.8 Å². The van der Waals surface area contributed by atoms with Crippen LogP contribution in [0, 0.1) is 0 Å². The summed E-state index contributed by atoms with van der Waals surface area (Å²) in [6, 6.07) is 15.1. The third-order valence-corrected chi connectivity index (χ3v) is 4.70. The smallest absolute Gasteiger partial charge is 0.257 e. The van der Waals surface area contributed by atoms with Gasteiger partial charge >= 0.3 is 0 Å². The van der Waals surface area contributed by atoms with Crippen LogP contribution in [0.4, 0.5) is 0 Å². The SMILES string of the molecule is COc1ccc(C(=O)N2CCO[C@@H](CCCc3ccccc3)C2)c(O)c1. The van der Waals surface area contributed by atoms with Crippen molar-refractivity contribution in [2.45, 2.75) is 25.4 Å². The number of benzene rings is 2. The highest BCUT2D eigenvalue weighted by atomic mass is 16.5. The summed E-state index contributed by atoms with van der Waals surface area (Å²) in [7, 11) is 1.53. The maximum atomic E-state index is 12.7. The van der Waals surface area contributed by atoms with Gasteiger partial charge in [-0.3, -0.25) is 4.79 Å². The minimum Gasteiger partial charge on any atom is -0.507 e. The molecule has 1 heterocycles. The molecule has 5 nitrogen and oxygen atoms in total. The van der Waals surface area contributed by atoms with Crippen molar-refractivity contribution in [3.05, 3.63) is 59.7 Å². The molecule has 1 aliphatic heterocycles. The van der Waals surface area contributed by atoms with Crippen molar-refractivity contribution >= 4 is 5.91 Å². The van der Waals surface area contributed by atoms with Crippen LogP contribution in [0.3, 0.4) is 0 Å². The van der Waals surface area contributed by atoms with Crippen molar-refractivity contribution in [1.29, 1.82) is 0 Å². The third kappa shape index (κ3) is 4.55. The largest absolute Gasteiger partial charge is 0.507 e. The summed E-state index contributed by atoms with van der Waals surface area (Å²) in [5.74, 6) is 0.308. The topological polar surface area (TPSA) is 59.0 Å². The summed E-state index contributed by atoms with van der Waals surface area (Å²) in [5.41, 5.74) is 1.62. The zero-order valence-corrected chi connectivity index (χ0v) is 15.1. The predicted molar refractivity (Wildman–Crippen MR) is 99.7 cm³/mol. The first-order chi connectivity index (χ1) is 12.7. The molecule has 1 amide bonds. The van der Waals surface area contributed by atoms with E-state index in [1.54, 1.807) is 17.0 Å². The van der Waals surface area contributed by atoms with Crippen LogP contribution < -0.4 is 4.74 Å². The number of methoxy groups -OCH3 is 1. The van der Waals surface area contributed by atoms with Gasteiger partial charge in [0.2, 0.25) is 0 Å². The van der Waals surface area contributed by atoms with Crippen molar-refractivity contribution in [2.24, 2.45) is 0 Å². The Morgan fingerprint density at radius 2 is 2.08 bits per heavy atom. The molecule has 2 aromatic carbocycles. The van der Waals surface area contributed by atoms with Crippen molar-refractivity contribution in [3.8, 4) is 11.5 Å². The van der Waals surface area contributed by atoms with Gasteiger partial charge in [0.25, 0.3) is 5.91 Å². The summed E-state index contributed by atoms with van der Waals surface area (Å²) >= 11 is 0. The van der Waals surface area contributed by atoms with E-state index >= 15 is 0 Å². The number of amides is 1. The van der Waals surface area contributed by atoms with E-state index in [4.69, 9.17) is 9.47 Å². The van der Waals surface area contributed by atoms with E-state index in [2.05, 4.69) is 12.1 Å². The first-order valence-corrected chi connectivity index (χ1v) is 8.99. The lowest BCUT2D eigenvalue weighted by Gasteiger charge is -2.33. The summed E-state index contributed by atoms with van der Waals surface area (Å²) < 4.78 is 10.9. The standard InChI is InChI=1S/C21H25NO4/c1-25-17-10-11-19(20(23)14-17)21(24)22-12-13-26-18(15-22)9-5-8-16-6-3-2-4-7-16/h2-4,6-7,10-11,14,18,23H,5,8-9,12-13,15H2,1H3/t18-/m0/s1. The molecule has 0 aliphatic carbocycles. The van der Waals surface area contributed by atoms with Gasteiger partial charge < -0.3 is 19.5 Å². The average Bonchev–Trinajstić information content (AvgIpc) is 2.68. The van der Waals surface area contributed by atoms with Gasteiger partial charge in [0, 0.05) is 19.2 Å². The van der Waals surface area contributed by atoms with Crippen LogP contribution in [0.2, 0.25) is 0 Å². The fraction of sp³-hybridized carbons (Fsp3) is 0.381. The second-order valence-corrected chi connectivity index (χ2v) is 6.50. The number of aryl methyl sites for hydroxylation is 1. The van der Waals surface area contributed by atoms with Gasteiger partial charge in [0.1, 0.15) is 11.5 Å². The minimum absolute atomic E-state index is 0.0387. The molecule has 1 aliphatic rings. The molecule has 1 atom stereocenters. The number of phenolic OH excluding ortho intramolecular Hbond substituents is 1. The number of nitrogens with zero attached hydrogens (tertiary/aromatic N) is 1. The van der Waals surface area contributed by atoms with Gasteiger partial charge in [-0.25, -0.2) is 0 Å². The highest BCUT2D eigenvalue weighted by Crippen LogP contribution is 2.25. The second kappa shape index (κ2) is 8.72. The molecule has 2 aromatic rings. The zero-order valence-electron chi connectivity index (χ0n) is 15.1. The Bertz CT molecular complexity index is 732. The number of ether oxygens (including phenoxy) is 2. The molecular weight excluding hydrogens is 330 g/mol. The Balaban J connectivity index is 1.55. The van der Waals surface area contributed by atoms with Gasteiger partial charge in [-0.2, -0.15) is 0 Å². The van der Waals surface area contributed by atoms with Gasteiger partial charge in [0.05, 0.1) is 25.4 Å². The molecule has 0 unspecified atom stereocenters. The molecule has 26 heavy (non-hydrogen) atoms. The number of rotatable bonds is 6. The van der Waals surface area contributed by atoms with Crippen LogP contribution in [0.5, 0.6) is 11.5 Å². The molecule has 0 radical (unpaired) electrons. The molecule has 0 aromatic heterocycles. The van der Waals surface area contributed by atoms with Crippen molar-refractivity contribution < 1.29 is 19.4 Å². The van der Waals surface area contributed by atoms with Crippen LogP contribution >= 0.6 is 0 Å². The van der Waals surface area contributed by atoms with E-state index in [1.807, 2.05) is 18.2 Å². The molecule has 1 N–H and O–H groups in total. The van der Waals surface area contributed by atoms with Crippen LogP contribution in [0.1, 0.15) is 28.8 Å². The summed E-state index contributed by atoms with van der Waals surface area (Å²) in [4.78, 5) is 14.5. The lowest BCUT2D eigenvalue weighted by Crippen LogP contribution is -2.45. The molecule has 138 valence electrons. The quantitative estimate of drug-likeness (QED) is 0.864. The molecular formula is C21H25NO4. The first kappa shape index (κ1) is 18.3. The average molecular weight is 355 g/mol.